The van der Waals surface area contributed by atoms with E-state index in [-0.39, 0.29) is 5.91 Å². The standard InChI is InChI=1S/C23H31N5O2/c1-3-5-6-7-14-27-15-16-28(22(30)21(27)29)17-18-8-10-20(11-9-18)26-23-24-13-12-19(4-2)25-23/h8-13H,3-7,14-17H2,1-2H3,(H,24,25,26). The van der Waals surface area contributed by atoms with E-state index in [1.54, 1.807) is 16.0 Å². The Bertz CT molecular complexity index is 853. The van der Waals surface area contributed by atoms with E-state index in [9.17, 15) is 9.59 Å². The van der Waals surface area contributed by atoms with Crippen molar-refractivity contribution in [1.29, 1.82) is 0 Å². The van der Waals surface area contributed by atoms with Gasteiger partial charge in [0.25, 0.3) is 0 Å². The summed E-state index contributed by atoms with van der Waals surface area (Å²) in [7, 11) is 0. The Morgan fingerprint density at radius 3 is 2.40 bits per heavy atom. The molecule has 3 rings (SSSR count). The molecule has 0 bridgehead atoms. The van der Waals surface area contributed by atoms with E-state index in [0.717, 1.165) is 42.6 Å². The molecule has 0 spiro atoms. The molecule has 2 heterocycles. The Labute approximate surface area is 178 Å². The first-order chi connectivity index (χ1) is 14.6. The van der Waals surface area contributed by atoms with Crippen LogP contribution in [0.5, 0.6) is 0 Å². The number of unbranched alkanes of at least 4 members (excludes halogenated alkanes) is 3. The van der Waals surface area contributed by atoms with Crippen molar-refractivity contribution in [1.82, 2.24) is 19.8 Å². The Hall–Kier alpha value is -2.96. The minimum atomic E-state index is -0.399. The molecule has 2 amide bonds. The quantitative estimate of drug-likeness (QED) is 0.480. The Morgan fingerprint density at radius 1 is 0.933 bits per heavy atom. The van der Waals surface area contributed by atoms with Gasteiger partial charge in [-0.1, -0.05) is 45.2 Å². The zero-order valence-electron chi connectivity index (χ0n) is 17.9. The number of nitrogens with zero attached hydrogens (tertiary/aromatic N) is 4. The molecule has 0 saturated carbocycles. The van der Waals surface area contributed by atoms with Crippen LogP contribution in [-0.4, -0.2) is 51.2 Å². The SMILES string of the molecule is CCCCCCN1CCN(Cc2ccc(Nc3nccc(CC)n3)cc2)C(=O)C1=O. The lowest BCUT2D eigenvalue weighted by molar-refractivity contribution is -0.156. The summed E-state index contributed by atoms with van der Waals surface area (Å²) in [5.41, 5.74) is 2.85. The molecule has 7 nitrogen and oxygen atoms in total. The summed E-state index contributed by atoms with van der Waals surface area (Å²) < 4.78 is 0. The first kappa shape index (κ1) is 21.7. The third-order valence-corrected chi connectivity index (χ3v) is 5.34. The average Bonchev–Trinajstić information content (AvgIpc) is 2.77. The van der Waals surface area contributed by atoms with Crippen LogP contribution in [0.3, 0.4) is 0 Å². The van der Waals surface area contributed by atoms with Gasteiger partial charge in [-0.25, -0.2) is 9.97 Å². The van der Waals surface area contributed by atoms with Crippen LogP contribution in [0.25, 0.3) is 0 Å². The van der Waals surface area contributed by atoms with Gasteiger partial charge in [0, 0.05) is 43.8 Å². The van der Waals surface area contributed by atoms with Crippen LogP contribution in [0.4, 0.5) is 11.6 Å². The lowest BCUT2D eigenvalue weighted by Gasteiger charge is -2.33. The first-order valence-corrected chi connectivity index (χ1v) is 10.9. The van der Waals surface area contributed by atoms with Crippen molar-refractivity contribution < 1.29 is 9.59 Å². The van der Waals surface area contributed by atoms with Gasteiger partial charge in [-0.3, -0.25) is 9.59 Å². The number of amides is 2. The molecule has 0 aliphatic carbocycles. The molecule has 7 heteroatoms. The van der Waals surface area contributed by atoms with Crippen molar-refractivity contribution in [3.63, 3.8) is 0 Å². The minimum Gasteiger partial charge on any atom is -0.333 e. The molecule has 1 aliphatic rings. The zero-order valence-corrected chi connectivity index (χ0v) is 17.9. The first-order valence-electron chi connectivity index (χ1n) is 10.9. The van der Waals surface area contributed by atoms with Gasteiger partial charge in [-0.05, 0) is 36.6 Å². The summed E-state index contributed by atoms with van der Waals surface area (Å²) in [6.07, 6.45) is 7.00. The summed E-state index contributed by atoms with van der Waals surface area (Å²) >= 11 is 0. The number of hydrogen-bond donors (Lipinski definition) is 1. The number of hydrogen-bond acceptors (Lipinski definition) is 5. The molecule has 1 aromatic carbocycles. The number of aryl methyl sites for hydroxylation is 1. The molecular weight excluding hydrogens is 378 g/mol. The molecule has 1 saturated heterocycles. The minimum absolute atomic E-state index is 0.371. The fraction of sp³-hybridized carbons (Fsp3) is 0.478. The van der Waals surface area contributed by atoms with Gasteiger partial charge >= 0.3 is 11.8 Å². The number of aromatic nitrogens is 2. The third kappa shape index (κ3) is 5.78. The van der Waals surface area contributed by atoms with E-state index in [0.29, 0.717) is 32.1 Å². The van der Waals surface area contributed by atoms with Gasteiger partial charge in [0.1, 0.15) is 0 Å². The van der Waals surface area contributed by atoms with Crippen LogP contribution < -0.4 is 5.32 Å². The van der Waals surface area contributed by atoms with Crippen molar-refractivity contribution in [2.75, 3.05) is 25.0 Å². The summed E-state index contributed by atoms with van der Waals surface area (Å²) in [5.74, 6) is -0.203. The monoisotopic (exact) mass is 409 g/mol. The molecule has 0 radical (unpaired) electrons. The largest absolute Gasteiger partial charge is 0.333 e. The highest BCUT2D eigenvalue weighted by Crippen LogP contribution is 2.17. The van der Waals surface area contributed by atoms with Crippen molar-refractivity contribution in [3.8, 4) is 0 Å². The second kappa shape index (κ2) is 10.7. The molecular formula is C23H31N5O2. The fourth-order valence-corrected chi connectivity index (χ4v) is 3.50. The summed E-state index contributed by atoms with van der Waals surface area (Å²) in [4.78, 5) is 36.9. The number of carbonyl (C=O) groups is 2. The summed E-state index contributed by atoms with van der Waals surface area (Å²) in [5, 5.41) is 3.20. The molecule has 0 atom stereocenters. The second-order valence-corrected chi connectivity index (χ2v) is 7.63. The van der Waals surface area contributed by atoms with Gasteiger partial charge in [0.2, 0.25) is 5.95 Å². The number of rotatable bonds is 10. The number of benzene rings is 1. The van der Waals surface area contributed by atoms with Gasteiger partial charge in [0.15, 0.2) is 0 Å². The smallest absolute Gasteiger partial charge is 0.312 e. The van der Waals surface area contributed by atoms with Crippen molar-refractivity contribution in [2.24, 2.45) is 0 Å². The maximum absolute atomic E-state index is 12.5. The topological polar surface area (TPSA) is 78.4 Å². The van der Waals surface area contributed by atoms with E-state index < -0.39 is 5.91 Å². The number of nitrogens with one attached hydrogen (secondary N) is 1. The predicted molar refractivity (Wildman–Crippen MR) is 117 cm³/mol. The van der Waals surface area contributed by atoms with E-state index in [1.807, 2.05) is 30.3 Å². The molecule has 30 heavy (non-hydrogen) atoms. The van der Waals surface area contributed by atoms with Crippen LogP contribution in [0.15, 0.2) is 36.5 Å². The highest BCUT2D eigenvalue weighted by atomic mass is 16.2. The Morgan fingerprint density at radius 2 is 1.67 bits per heavy atom. The fourth-order valence-electron chi connectivity index (χ4n) is 3.50. The summed E-state index contributed by atoms with van der Waals surface area (Å²) in [6, 6.07) is 9.69. The number of carbonyl (C=O) groups excluding carboxylic acids is 2. The van der Waals surface area contributed by atoms with E-state index in [4.69, 9.17) is 0 Å². The lowest BCUT2D eigenvalue weighted by Crippen LogP contribution is -2.54. The molecule has 0 unspecified atom stereocenters. The van der Waals surface area contributed by atoms with E-state index in [2.05, 4.69) is 29.1 Å². The molecule has 1 fully saturated rings. The second-order valence-electron chi connectivity index (χ2n) is 7.63. The van der Waals surface area contributed by atoms with Crippen LogP contribution in [0.1, 0.15) is 50.8 Å². The van der Waals surface area contributed by atoms with Crippen LogP contribution >= 0.6 is 0 Å². The van der Waals surface area contributed by atoms with Crippen molar-refractivity contribution >= 4 is 23.5 Å². The van der Waals surface area contributed by atoms with Gasteiger partial charge in [0.05, 0.1) is 0 Å². The number of anilines is 2. The average molecular weight is 410 g/mol. The normalized spacial score (nSPS) is 14.3. The maximum atomic E-state index is 12.5. The van der Waals surface area contributed by atoms with Crippen LogP contribution in [0, 0.1) is 0 Å². The highest BCUT2D eigenvalue weighted by molar-refractivity contribution is 6.35. The van der Waals surface area contributed by atoms with Gasteiger partial charge < -0.3 is 15.1 Å². The molecule has 2 aromatic rings. The maximum Gasteiger partial charge on any atom is 0.312 e. The molecule has 1 aliphatic heterocycles. The third-order valence-electron chi connectivity index (χ3n) is 5.34. The molecule has 1 aromatic heterocycles. The summed E-state index contributed by atoms with van der Waals surface area (Å²) in [6.45, 7) is 6.53. The van der Waals surface area contributed by atoms with Crippen LogP contribution in [-0.2, 0) is 22.6 Å². The Kier molecular flexibility index (Phi) is 7.76. The molecule has 160 valence electrons. The van der Waals surface area contributed by atoms with Gasteiger partial charge in [-0.2, -0.15) is 0 Å². The van der Waals surface area contributed by atoms with Gasteiger partial charge in [-0.15, -0.1) is 0 Å². The highest BCUT2D eigenvalue weighted by Gasteiger charge is 2.31. The van der Waals surface area contributed by atoms with E-state index >= 15 is 0 Å². The van der Waals surface area contributed by atoms with Crippen LogP contribution in [0.2, 0.25) is 0 Å². The molecule has 1 N–H and O–H groups in total. The zero-order chi connectivity index (χ0) is 21.3. The predicted octanol–water partition coefficient (Wildman–Crippen LogP) is 3.53. The Balaban J connectivity index is 1.53. The van der Waals surface area contributed by atoms with Crippen molar-refractivity contribution in [2.45, 2.75) is 52.5 Å². The van der Waals surface area contributed by atoms with E-state index in [1.165, 1.54) is 6.42 Å². The number of piperazine rings is 1. The lowest BCUT2D eigenvalue weighted by atomic mass is 10.1. The van der Waals surface area contributed by atoms with Crippen molar-refractivity contribution in [3.05, 3.63) is 47.8 Å².